The summed E-state index contributed by atoms with van der Waals surface area (Å²) in [4.78, 5) is 0. The molecular weight excluding hydrogens is 365 g/mol. The molecule has 0 radical (unpaired) electrons. The average molecular weight is 378 g/mol. The Hall–Kier alpha value is -2.55. The quantitative estimate of drug-likeness (QED) is 0.473. The van der Waals surface area contributed by atoms with Crippen LogP contribution in [0.2, 0.25) is 10.0 Å². The van der Waals surface area contributed by atoms with Gasteiger partial charge < -0.3 is 10.8 Å². The number of H-pyrrole nitrogens is 1. The van der Waals surface area contributed by atoms with Crippen LogP contribution in [0.4, 0.5) is 5.69 Å². The minimum Gasteiger partial charge on any atom is -0.398 e. The van der Waals surface area contributed by atoms with Crippen LogP contribution in [0, 0.1) is 0 Å². The Morgan fingerprint density at radius 1 is 1.28 bits per heavy atom. The van der Waals surface area contributed by atoms with Crippen LogP contribution in [0.5, 0.6) is 0 Å². The molecule has 0 spiro atoms. The number of aromatic nitrogens is 6. The zero-order chi connectivity index (χ0) is 17.6. The molecule has 8 nitrogen and oxygen atoms in total. The van der Waals surface area contributed by atoms with Crippen LogP contribution in [-0.2, 0) is 6.54 Å². The lowest BCUT2D eigenvalue weighted by molar-refractivity contribution is 0.268. The summed E-state index contributed by atoms with van der Waals surface area (Å²) in [7, 11) is 0. The highest BCUT2D eigenvalue weighted by atomic mass is 35.5. The van der Waals surface area contributed by atoms with Gasteiger partial charge in [0.05, 0.1) is 41.1 Å². The molecule has 4 rings (SSSR count). The lowest BCUT2D eigenvalue weighted by atomic mass is 10.1. The fourth-order valence-electron chi connectivity index (χ4n) is 2.81. The standard InChI is InChI=1S/C15H13Cl2N7O/c16-10-3-11(18)13-9(8-4-19-20-5-8)6-24(15(13)14(10)17)12-7-23(1-2-25)22-21-12/h3-7,25H,1-2,18H2,(H,19,20). The van der Waals surface area contributed by atoms with Crippen molar-refractivity contribution in [3.63, 3.8) is 0 Å². The molecule has 1 aromatic carbocycles. The molecule has 10 heteroatoms. The van der Waals surface area contributed by atoms with E-state index >= 15 is 0 Å². The van der Waals surface area contributed by atoms with E-state index in [1.54, 1.807) is 33.9 Å². The van der Waals surface area contributed by atoms with Crippen LogP contribution < -0.4 is 5.73 Å². The Morgan fingerprint density at radius 3 is 2.84 bits per heavy atom. The van der Waals surface area contributed by atoms with Gasteiger partial charge in [0.1, 0.15) is 0 Å². The van der Waals surface area contributed by atoms with Gasteiger partial charge in [0.25, 0.3) is 0 Å². The number of anilines is 1. The smallest absolute Gasteiger partial charge is 0.179 e. The van der Waals surface area contributed by atoms with Gasteiger partial charge in [-0.15, -0.1) is 5.10 Å². The molecule has 128 valence electrons. The average Bonchev–Trinajstić information content (AvgIpc) is 3.31. The molecule has 25 heavy (non-hydrogen) atoms. The molecule has 4 aromatic rings. The van der Waals surface area contributed by atoms with E-state index in [0.29, 0.717) is 33.6 Å². The van der Waals surface area contributed by atoms with Gasteiger partial charge >= 0.3 is 0 Å². The van der Waals surface area contributed by atoms with E-state index in [0.717, 1.165) is 16.5 Å². The number of hydrogen-bond acceptors (Lipinski definition) is 5. The summed E-state index contributed by atoms with van der Waals surface area (Å²) in [6.07, 6.45) is 7.04. The molecule has 0 amide bonds. The second-order valence-corrected chi connectivity index (χ2v) is 6.23. The largest absolute Gasteiger partial charge is 0.398 e. The third kappa shape index (κ3) is 2.55. The Balaban J connectivity index is 2.03. The third-order valence-corrected chi connectivity index (χ3v) is 4.68. The monoisotopic (exact) mass is 377 g/mol. The number of fused-ring (bicyclic) bond motifs is 1. The summed E-state index contributed by atoms with van der Waals surface area (Å²) >= 11 is 12.7. The van der Waals surface area contributed by atoms with Crippen molar-refractivity contribution in [2.24, 2.45) is 0 Å². The Morgan fingerprint density at radius 2 is 2.12 bits per heavy atom. The Labute approximate surface area is 151 Å². The Bertz CT molecular complexity index is 1050. The number of halogens is 2. The van der Waals surface area contributed by atoms with Crippen LogP contribution in [0.15, 0.2) is 30.9 Å². The van der Waals surface area contributed by atoms with E-state index in [1.165, 1.54) is 0 Å². The summed E-state index contributed by atoms with van der Waals surface area (Å²) in [6.45, 7) is 0.312. The predicted octanol–water partition coefficient (Wildman–Crippen LogP) is 2.49. The van der Waals surface area contributed by atoms with Gasteiger partial charge in [-0.2, -0.15) is 5.10 Å². The minimum absolute atomic E-state index is 0.0327. The van der Waals surface area contributed by atoms with Gasteiger partial charge in [-0.25, -0.2) is 4.68 Å². The molecule has 3 heterocycles. The number of rotatable bonds is 4. The van der Waals surface area contributed by atoms with Crippen molar-refractivity contribution >= 4 is 39.8 Å². The maximum absolute atomic E-state index is 9.06. The highest BCUT2D eigenvalue weighted by molar-refractivity contribution is 6.46. The number of aliphatic hydroxyl groups is 1. The van der Waals surface area contributed by atoms with Gasteiger partial charge in [-0.05, 0) is 6.07 Å². The normalized spacial score (nSPS) is 11.5. The summed E-state index contributed by atoms with van der Waals surface area (Å²) in [5.74, 6) is 0.539. The summed E-state index contributed by atoms with van der Waals surface area (Å²) in [5.41, 5.74) is 9.06. The van der Waals surface area contributed by atoms with Gasteiger partial charge in [0, 0.05) is 34.6 Å². The van der Waals surface area contributed by atoms with E-state index in [9.17, 15) is 0 Å². The zero-order valence-corrected chi connectivity index (χ0v) is 14.3. The number of aliphatic hydroxyl groups excluding tert-OH is 1. The van der Waals surface area contributed by atoms with E-state index in [4.69, 9.17) is 34.0 Å². The number of benzene rings is 1. The van der Waals surface area contributed by atoms with Crippen LogP contribution in [0.25, 0.3) is 27.8 Å². The molecule has 0 unspecified atom stereocenters. The molecule has 3 aromatic heterocycles. The van der Waals surface area contributed by atoms with Crippen LogP contribution in [-0.4, -0.2) is 41.5 Å². The SMILES string of the molecule is Nc1cc(Cl)c(Cl)c2c1c(-c1cn[nH]c1)cn2-c1cn(CCO)nn1. The second kappa shape index (κ2) is 6.07. The fraction of sp³-hybridized carbons (Fsp3) is 0.133. The van der Waals surface area contributed by atoms with Gasteiger partial charge in [0.2, 0.25) is 0 Å². The molecule has 0 saturated heterocycles. The highest BCUT2D eigenvalue weighted by Crippen LogP contribution is 2.42. The maximum atomic E-state index is 9.06. The van der Waals surface area contributed by atoms with Gasteiger partial charge in [-0.1, -0.05) is 28.4 Å². The molecule has 0 saturated carbocycles. The number of nitrogen functional groups attached to an aromatic ring is 1. The first-order valence-electron chi connectivity index (χ1n) is 7.39. The number of nitrogens with one attached hydrogen (secondary N) is 1. The highest BCUT2D eigenvalue weighted by Gasteiger charge is 2.20. The first-order valence-corrected chi connectivity index (χ1v) is 8.14. The number of aromatic amines is 1. The first kappa shape index (κ1) is 15.9. The van der Waals surface area contributed by atoms with E-state index in [-0.39, 0.29) is 6.61 Å². The third-order valence-electron chi connectivity index (χ3n) is 3.91. The lowest BCUT2D eigenvalue weighted by Crippen LogP contribution is -2.02. The molecule has 0 aliphatic heterocycles. The molecule has 0 fully saturated rings. The molecule has 0 aliphatic rings. The lowest BCUT2D eigenvalue weighted by Gasteiger charge is -2.06. The van der Waals surface area contributed by atoms with Crippen molar-refractivity contribution in [3.05, 3.63) is 40.9 Å². The van der Waals surface area contributed by atoms with E-state index in [2.05, 4.69) is 20.5 Å². The molecule has 0 atom stereocenters. The van der Waals surface area contributed by atoms with Crippen molar-refractivity contribution in [1.29, 1.82) is 0 Å². The van der Waals surface area contributed by atoms with Crippen LogP contribution in [0.1, 0.15) is 0 Å². The van der Waals surface area contributed by atoms with Crippen molar-refractivity contribution in [2.75, 3.05) is 12.3 Å². The first-order chi connectivity index (χ1) is 12.1. The Kier molecular flexibility index (Phi) is 3.87. The number of nitrogens with zero attached hydrogens (tertiary/aromatic N) is 5. The second-order valence-electron chi connectivity index (χ2n) is 5.45. The zero-order valence-electron chi connectivity index (χ0n) is 12.8. The van der Waals surface area contributed by atoms with Crippen molar-refractivity contribution < 1.29 is 5.11 Å². The molecule has 0 aliphatic carbocycles. The number of hydrogen-bond donors (Lipinski definition) is 3. The van der Waals surface area contributed by atoms with Gasteiger partial charge in [-0.3, -0.25) is 9.67 Å². The van der Waals surface area contributed by atoms with Crippen LogP contribution in [0.3, 0.4) is 0 Å². The summed E-state index contributed by atoms with van der Waals surface area (Å²) in [6, 6.07) is 1.63. The fourth-order valence-corrected chi connectivity index (χ4v) is 3.25. The summed E-state index contributed by atoms with van der Waals surface area (Å²) < 4.78 is 3.32. The summed E-state index contributed by atoms with van der Waals surface area (Å²) in [5, 5.41) is 25.5. The van der Waals surface area contributed by atoms with Gasteiger partial charge in [0.15, 0.2) is 5.82 Å². The molecule has 4 N–H and O–H groups in total. The van der Waals surface area contributed by atoms with E-state index < -0.39 is 0 Å². The van der Waals surface area contributed by atoms with Crippen molar-refractivity contribution in [1.82, 2.24) is 29.8 Å². The van der Waals surface area contributed by atoms with Crippen molar-refractivity contribution in [2.45, 2.75) is 6.54 Å². The number of nitrogens with two attached hydrogens (primary N) is 1. The minimum atomic E-state index is -0.0327. The predicted molar refractivity (Wildman–Crippen MR) is 96.0 cm³/mol. The molecule has 0 bridgehead atoms. The van der Waals surface area contributed by atoms with Crippen LogP contribution >= 0.6 is 23.2 Å². The topological polar surface area (TPSA) is 111 Å². The van der Waals surface area contributed by atoms with E-state index in [1.807, 2.05) is 6.20 Å². The molecular formula is C15H13Cl2N7O. The van der Waals surface area contributed by atoms with Crippen molar-refractivity contribution in [3.8, 4) is 16.9 Å². The maximum Gasteiger partial charge on any atom is 0.179 e.